The molecule has 104 valence electrons. The van der Waals surface area contributed by atoms with Crippen LogP contribution >= 0.6 is 0 Å². The van der Waals surface area contributed by atoms with Gasteiger partial charge in [0.25, 0.3) is 5.91 Å². The van der Waals surface area contributed by atoms with Crippen LogP contribution in [0.3, 0.4) is 0 Å². The first-order valence-electron chi connectivity index (χ1n) is 6.42. The molecule has 2 rings (SSSR count). The summed E-state index contributed by atoms with van der Waals surface area (Å²) >= 11 is 0. The Bertz CT molecular complexity index is 454. The quantitative estimate of drug-likeness (QED) is 0.841. The summed E-state index contributed by atoms with van der Waals surface area (Å²) in [5.74, 6) is 0.461. The van der Waals surface area contributed by atoms with Gasteiger partial charge in [-0.2, -0.15) is 0 Å². The number of methoxy groups -OCH3 is 2. The van der Waals surface area contributed by atoms with Crippen LogP contribution in [0, 0.1) is 0 Å². The smallest absolute Gasteiger partial charge is 0.259 e. The molecule has 1 heterocycles. The number of amides is 1. The fourth-order valence-electron chi connectivity index (χ4n) is 2.40. The maximum atomic E-state index is 12.5. The van der Waals surface area contributed by atoms with Crippen molar-refractivity contribution in [1.29, 1.82) is 0 Å². The van der Waals surface area contributed by atoms with Gasteiger partial charge in [0.05, 0.1) is 13.2 Å². The monoisotopic (exact) mass is 264 g/mol. The van der Waals surface area contributed by atoms with Gasteiger partial charge in [-0.3, -0.25) is 4.79 Å². The van der Waals surface area contributed by atoms with Gasteiger partial charge in [-0.05, 0) is 25.0 Å². The number of hydrogen-bond donors (Lipinski definition) is 1. The van der Waals surface area contributed by atoms with E-state index in [1.807, 2.05) is 4.90 Å². The van der Waals surface area contributed by atoms with Crippen molar-refractivity contribution in [2.45, 2.75) is 18.9 Å². The summed E-state index contributed by atoms with van der Waals surface area (Å²) in [6.07, 6.45) is 1.97. The topological polar surface area (TPSA) is 64.8 Å². The highest BCUT2D eigenvalue weighted by Crippen LogP contribution is 2.27. The second-order valence-electron chi connectivity index (χ2n) is 4.65. The van der Waals surface area contributed by atoms with E-state index in [0.717, 1.165) is 12.8 Å². The second-order valence-corrected chi connectivity index (χ2v) is 4.65. The molecule has 0 saturated carbocycles. The van der Waals surface area contributed by atoms with Crippen molar-refractivity contribution < 1.29 is 14.3 Å². The van der Waals surface area contributed by atoms with E-state index in [0.29, 0.717) is 30.1 Å². The summed E-state index contributed by atoms with van der Waals surface area (Å²) in [5.41, 5.74) is 6.82. The number of piperidine rings is 1. The number of nitrogens with zero attached hydrogens (tertiary/aromatic N) is 1. The average molecular weight is 264 g/mol. The molecule has 0 radical (unpaired) electrons. The maximum Gasteiger partial charge on any atom is 0.259 e. The molecule has 0 atom stereocenters. The van der Waals surface area contributed by atoms with E-state index in [1.54, 1.807) is 32.4 Å². The van der Waals surface area contributed by atoms with E-state index in [9.17, 15) is 4.79 Å². The summed E-state index contributed by atoms with van der Waals surface area (Å²) in [6.45, 7) is 1.38. The van der Waals surface area contributed by atoms with Crippen molar-refractivity contribution in [3.8, 4) is 5.75 Å². The van der Waals surface area contributed by atoms with Gasteiger partial charge in [0, 0.05) is 25.9 Å². The molecule has 1 aliphatic rings. The largest absolute Gasteiger partial charge is 0.496 e. The first-order chi connectivity index (χ1) is 9.17. The van der Waals surface area contributed by atoms with Crippen LogP contribution in [-0.2, 0) is 4.74 Å². The van der Waals surface area contributed by atoms with Gasteiger partial charge in [-0.25, -0.2) is 0 Å². The summed E-state index contributed by atoms with van der Waals surface area (Å²) in [5, 5.41) is 0. The zero-order chi connectivity index (χ0) is 13.8. The fraction of sp³-hybridized carbons (Fsp3) is 0.500. The SMILES string of the molecule is COc1cccc(N)c1C(=O)N1CCC(OC)CC1. The van der Waals surface area contributed by atoms with Gasteiger partial charge in [0.2, 0.25) is 0 Å². The molecule has 19 heavy (non-hydrogen) atoms. The Hall–Kier alpha value is -1.75. The highest BCUT2D eigenvalue weighted by molar-refractivity contribution is 6.01. The summed E-state index contributed by atoms with van der Waals surface area (Å²) < 4.78 is 10.5. The van der Waals surface area contributed by atoms with Crippen LogP contribution in [0.5, 0.6) is 5.75 Å². The van der Waals surface area contributed by atoms with Crippen LogP contribution in [-0.4, -0.2) is 44.2 Å². The van der Waals surface area contributed by atoms with Gasteiger partial charge >= 0.3 is 0 Å². The lowest BCUT2D eigenvalue weighted by Gasteiger charge is -2.31. The first-order valence-corrected chi connectivity index (χ1v) is 6.42. The molecule has 0 unspecified atom stereocenters. The fourth-order valence-corrected chi connectivity index (χ4v) is 2.40. The molecule has 5 nitrogen and oxygen atoms in total. The molecule has 1 amide bonds. The predicted molar refractivity (Wildman–Crippen MR) is 73.3 cm³/mol. The van der Waals surface area contributed by atoms with Crippen molar-refractivity contribution in [2.75, 3.05) is 33.0 Å². The van der Waals surface area contributed by atoms with E-state index in [4.69, 9.17) is 15.2 Å². The molecule has 1 aromatic carbocycles. The normalized spacial score (nSPS) is 16.4. The van der Waals surface area contributed by atoms with Crippen LogP contribution in [0.1, 0.15) is 23.2 Å². The number of nitrogens with two attached hydrogens (primary N) is 1. The van der Waals surface area contributed by atoms with Gasteiger partial charge in [0.1, 0.15) is 11.3 Å². The molecule has 1 aromatic rings. The third-order valence-electron chi connectivity index (χ3n) is 3.55. The Morgan fingerprint density at radius 3 is 2.58 bits per heavy atom. The number of hydrogen-bond acceptors (Lipinski definition) is 4. The van der Waals surface area contributed by atoms with Crippen LogP contribution in [0.25, 0.3) is 0 Å². The van der Waals surface area contributed by atoms with Crippen molar-refractivity contribution in [2.24, 2.45) is 0 Å². The van der Waals surface area contributed by atoms with Gasteiger partial charge in [-0.15, -0.1) is 0 Å². The zero-order valence-corrected chi connectivity index (χ0v) is 11.4. The van der Waals surface area contributed by atoms with Crippen LogP contribution in [0.4, 0.5) is 5.69 Å². The van der Waals surface area contributed by atoms with Crippen molar-refractivity contribution >= 4 is 11.6 Å². The number of ether oxygens (including phenoxy) is 2. The summed E-state index contributed by atoms with van der Waals surface area (Å²) in [4.78, 5) is 14.3. The van der Waals surface area contributed by atoms with Crippen molar-refractivity contribution in [3.05, 3.63) is 23.8 Å². The van der Waals surface area contributed by atoms with Crippen LogP contribution in [0.15, 0.2) is 18.2 Å². The van der Waals surface area contributed by atoms with Crippen LogP contribution < -0.4 is 10.5 Å². The van der Waals surface area contributed by atoms with E-state index >= 15 is 0 Å². The van der Waals surface area contributed by atoms with Gasteiger partial charge < -0.3 is 20.1 Å². The van der Waals surface area contributed by atoms with Crippen LogP contribution in [0.2, 0.25) is 0 Å². The number of anilines is 1. The van der Waals surface area contributed by atoms with Gasteiger partial charge in [0.15, 0.2) is 0 Å². The highest BCUT2D eigenvalue weighted by atomic mass is 16.5. The average Bonchev–Trinajstić information content (AvgIpc) is 2.46. The molecule has 1 saturated heterocycles. The standard InChI is InChI=1S/C14H20N2O3/c1-18-10-6-8-16(9-7-10)14(17)13-11(15)4-3-5-12(13)19-2/h3-5,10H,6-9,15H2,1-2H3. The van der Waals surface area contributed by atoms with Crippen molar-refractivity contribution in [3.63, 3.8) is 0 Å². The zero-order valence-electron chi connectivity index (χ0n) is 11.4. The Labute approximate surface area is 113 Å². The molecule has 0 bridgehead atoms. The number of carbonyl (C=O) groups is 1. The molecule has 5 heteroatoms. The minimum absolute atomic E-state index is 0.0653. The molecule has 0 aromatic heterocycles. The summed E-state index contributed by atoms with van der Waals surface area (Å²) in [7, 11) is 3.25. The summed E-state index contributed by atoms with van der Waals surface area (Å²) in [6, 6.07) is 5.26. The lowest BCUT2D eigenvalue weighted by Crippen LogP contribution is -2.41. The minimum Gasteiger partial charge on any atom is -0.496 e. The van der Waals surface area contributed by atoms with Gasteiger partial charge in [-0.1, -0.05) is 6.07 Å². The lowest BCUT2D eigenvalue weighted by molar-refractivity contribution is 0.0350. The molecule has 0 aliphatic carbocycles. The molecule has 0 spiro atoms. The van der Waals surface area contributed by atoms with Crippen molar-refractivity contribution in [1.82, 2.24) is 4.90 Å². The minimum atomic E-state index is -0.0653. The third-order valence-corrected chi connectivity index (χ3v) is 3.55. The molecule has 1 fully saturated rings. The Morgan fingerprint density at radius 1 is 1.32 bits per heavy atom. The van der Waals surface area contributed by atoms with E-state index < -0.39 is 0 Å². The lowest BCUT2D eigenvalue weighted by atomic mass is 10.0. The number of rotatable bonds is 3. The third kappa shape index (κ3) is 2.81. The second kappa shape index (κ2) is 5.93. The molecular weight excluding hydrogens is 244 g/mol. The number of nitrogen functional groups attached to an aromatic ring is 1. The Kier molecular flexibility index (Phi) is 4.27. The van der Waals surface area contributed by atoms with E-state index in [1.165, 1.54) is 0 Å². The number of likely N-dealkylation sites (tertiary alicyclic amines) is 1. The Balaban J connectivity index is 2.16. The number of carbonyl (C=O) groups excluding carboxylic acids is 1. The predicted octanol–water partition coefficient (Wildman–Crippen LogP) is 1.53. The van der Waals surface area contributed by atoms with E-state index in [2.05, 4.69) is 0 Å². The number of benzene rings is 1. The molecular formula is C14H20N2O3. The molecule has 1 aliphatic heterocycles. The Morgan fingerprint density at radius 2 is 2.00 bits per heavy atom. The van der Waals surface area contributed by atoms with E-state index in [-0.39, 0.29) is 12.0 Å². The molecule has 2 N–H and O–H groups in total. The maximum absolute atomic E-state index is 12.5. The highest BCUT2D eigenvalue weighted by Gasteiger charge is 2.26. The first kappa shape index (κ1) is 13.7.